The van der Waals surface area contributed by atoms with E-state index in [2.05, 4.69) is 0 Å². The SMILES string of the molecule is Fc1ccc(C(F)(F)C2CC2)cc1F. The summed E-state index contributed by atoms with van der Waals surface area (Å²) in [6, 6.07) is 2.26. The molecular weight excluding hydrogens is 196 g/mol. The fourth-order valence-corrected chi connectivity index (χ4v) is 1.39. The first kappa shape index (κ1) is 9.49. The van der Waals surface area contributed by atoms with Crippen LogP contribution < -0.4 is 0 Å². The second-order valence-corrected chi connectivity index (χ2v) is 3.53. The Morgan fingerprint density at radius 3 is 2.21 bits per heavy atom. The van der Waals surface area contributed by atoms with Gasteiger partial charge in [0.25, 0.3) is 5.92 Å². The monoisotopic (exact) mass is 204 g/mol. The molecule has 1 aromatic carbocycles. The summed E-state index contributed by atoms with van der Waals surface area (Å²) in [5.74, 6) is -6.04. The average molecular weight is 204 g/mol. The summed E-state index contributed by atoms with van der Waals surface area (Å²) in [6.45, 7) is 0. The molecule has 1 aliphatic carbocycles. The largest absolute Gasteiger partial charge is 0.276 e. The number of hydrogen-bond acceptors (Lipinski definition) is 0. The van der Waals surface area contributed by atoms with Gasteiger partial charge >= 0.3 is 0 Å². The molecule has 0 atom stereocenters. The Morgan fingerprint density at radius 2 is 1.71 bits per heavy atom. The van der Waals surface area contributed by atoms with E-state index in [-0.39, 0.29) is 0 Å². The van der Waals surface area contributed by atoms with E-state index in [1.807, 2.05) is 0 Å². The van der Waals surface area contributed by atoms with Gasteiger partial charge in [0.2, 0.25) is 0 Å². The lowest BCUT2D eigenvalue weighted by Gasteiger charge is -2.15. The molecule has 0 spiro atoms. The van der Waals surface area contributed by atoms with E-state index in [1.54, 1.807) is 0 Å². The van der Waals surface area contributed by atoms with Crippen molar-refractivity contribution in [2.45, 2.75) is 18.8 Å². The standard InChI is InChI=1S/C10H8F4/c11-8-4-3-7(5-9(8)12)10(13,14)6-1-2-6/h3-6H,1-2H2. The van der Waals surface area contributed by atoms with Crippen LogP contribution in [-0.4, -0.2) is 0 Å². The molecule has 0 nitrogen and oxygen atoms in total. The number of halogens is 4. The Balaban J connectivity index is 2.36. The summed E-state index contributed by atoms with van der Waals surface area (Å²) in [7, 11) is 0. The molecule has 0 bridgehead atoms. The predicted molar refractivity (Wildman–Crippen MR) is 43.0 cm³/mol. The van der Waals surface area contributed by atoms with E-state index in [4.69, 9.17) is 0 Å². The fourth-order valence-electron chi connectivity index (χ4n) is 1.39. The van der Waals surface area contributed by atoms with E-state index in [0.717, 1.165) is 12.1 Å². The molecule has 0 amide bonds. The molecule has 2 rings (SSSR count). The molecule has 0 unspecified atom stereocenters. The van der Waals surface area contributed by atoms with Crippen molar-refractivity contribution in [3.8, 4) is 0 Å². The predicted octanol–water partition coefficient (Wildman–Crippen LogP) is 3.47. The minimum atomic E-state index is -3.02. The third kappa shape index (κ3) is 1.49. The smallest absolute Gasteiger partial charge is 0.204 e. The van der Waals surface area contributed by atoms with Crippen LogP contribution in [0.2, 0.25) is 0 Å². The molecule has 1 aliphatic rings. The first-order valence-electron chi connectivity index (χ1n) is 4.35. The summed E-state index contributed by atoms with van der Waals surface area (Å²) in [5, 5.41) is 0. The van der Waals surface area contributed by atoms with Crippen molar-refractivity contribution in [3.05, 3.63) is 35.4 Å². The molecule has 0 heterocycles. The fraction of sp³-hybridized carbons (Fsp3) is 0.400. The highest BCUT2D eigenvalue weighted by Crippen LogP contribution is 2.49. The third-order valence-corrected chi connectivity index (χ3v) is 2.39. The molecule has 1 fully saturated rings. The van der Waals surface area contributed by atoms with Gasteiger partial charge in [-0.2, -0.15) is 0 Å². The molecule has 76 valence electrons. The first-order chi connectivity index (χ1) is 6.51. The zero-order valence-electron chi connectivity index (χ0n) is 7.24. The van der Waals surface area contributed by atoms with Gasteiger partial charge in [0.15, 0.2) is 11.6 Å². The van der Waals surface area contributed by atoms with Crippen molar-refractivity contribution in [3.63, 3.8) is 0 Å². The van der Waals surface area contributed by atoms with Crippen LogP contribution in [0.25, 0.3) is 0 Å². The van der Waals surface area contributed by atoms with Crippen LogP contribution in [0.15, 0.2) is 18.2 Å². The van der Waals surface area contributed by atoms with Gasteiger partial charge in [0.1, 0.15) is 0 Å². The van der Waals surface area contributed by atoms with Gasteiger partial charge in [0, 0.05) is 11.5 Å². The zero-order valence-corrected chi connectivity index (χ0v) is 7.24. The van der Waals surface area contributed by atoms with E-state index in [0.29, 0.717) is 18.9 Å². The number of hydrogen-bond donors (Lipinski definition) is 0. The zero-order chi connectivity index (χ0) is 10.3. The van der Waals surface area contributed by atoms with Crippen molar-refractivity contribution in [2.24, 2.45) is 5.92 Å². The lowest BCUT2D eigenvalue weighted by Crippen LogP contribution is -2.16. The molecule has 4 heteroatoms. The minimum Gasteiger partial charge on any atom is -0.204 e. The van der Waals surface area contributed by atoms with Gasteiger partial charge < -0.3 is 0 Å². The van der Waals surface area contributed by atoms with E-state index >= 15 is 0 Å². The van der Waals surface area contributed by atoms with Gasteiger partial charge in [-0.05, 0) is 31.0 Å². The average Bonchev–Trinajstić information content (AvgIpc) is 2.92. The van der Waals surface area contributed by atoms with Gasteiger partial charge in [0.05, 0.1) is 0 Å². The van der Waals surface area contributed by atoms with Crippen LogP contribution in [0.3, 0.4) is 0 Å². The highest BCUT2D eigenvalue weighted by molar-refractivity contribution is 5.24. The molecule has 0 aliphatic heterocycles. The van der Waals surface area contributed by atoms with E-state index < -0.39 is 29.0 Å². The molecule has 0 saturated heterocycles. The maximum atomic E-state index is 13.4. The van der Waals surface area contributed by atoms with Crippen LogP contribution in [-0.2, 0) is 5.92 Å². The van der Waals surface area contributed by atoms with Crippen molar-refractivity contribution in [2.75, 3.05) is 0 Å². The molecule has 0 N–H and O–H groups in total. The summed E-state index contributed by atoms with van der Waals surface area (Å²) >= 11 is 0. The maximum absolute atomic E-state index is 13.4. The molecular formula is C10H8F4. The van der Waals surface area contributed by atoms with Crippen LogP contribution in [0, 0.1) is 17.6 Å². The quantitative estimate of drug-likeness (QED) is 0.647. The second kappa shape index (κ2) is 2.97. The Kier molecular flexibility index (Phi) is 2.01. The Bertz CT molecular complexity index is 355. The maximum Gasteiger partial charge on any atom is 0.276 e. The molecule has 14 heavy (non-hydrogen) atoms. The van der Waals surface area contributed by atoms with Gasteiger partial charge in [-0.1, -0.05) is 0 Å². The Labute approximate surface area is 78.5 Å². The first-order valence-corrected chi connectivity index (χ1v) is 4.35. The summed E-state index contributed by atoms with van der Waals surface area (Å²) in [6.07, 6.45) is 0.901. The summed E-state index contributed by atoms with van der Waals surface area (Å²) in [5.41, 5.74) is -0.432. The number of rotatable bonds is 2. The molecule has 1 saturated carbocycles. The van der Waals surface area contributed by atoms with Gasteiger partial charge in [-0.3, -0.25) is 0 Å². The lowest BCUT2D eigenvalue weighted by atomic mass is 10.0. The highest BCUT2D eigenvalue weighted by Gasteiger charge is 2.48. The van der Waals surface area contributed by atoms with Crippen LogP contribution in [0.5, 0.6) is 0 Å². The number of alkyl halides is 2. The van der Waals surface area contributed by atoms with Gasteiger partial charge in [-0.15, -0.1) is 0 Å². The van der Waals surface area contributed by atoms with Crippen LogP contribution >= 0.6 is 0 Å². The Morgan fingerprint density at radius 1 is 1.07 bits per heavy atom. The topological polar surface area (TPSA) is 0 Å². The van der Waals surface area contributed by atoms with E-state index in [9.17, 15) is 17.6 Å². The van der Waals surface area contributed by atoms with Crippen LogP contribution in [0.4, 0.5) is 17.6 Å². The second-order valence-electron chi connectivity index (χ2n) is 3.53. The van der Waals surface area contributed by atoms with Crippen molar-refractivity contribution < 1.29 is 17.6 Å². The summed E-state index contributed by atoms with van der Waals surface area (Å²) in [4.78, 5) is 0. The lowest BCUT2D eigenvalue weighted by molar-refractivity contribution is -0.0288. The van der Waals surface area contributed by atoms with E-state index in [1.165, 1.54) is 0 Å². The van der Waals surface area contributed by atoms with Crippen molar-refractivity contribution in [1.29, 1.82) is 0 Å². The minimum absolute atomic E-state index is 0.432. The van der Waals surface area contributed by atoms with Crippen LogP contribution in [0.1, 0.15) is 18.4 Å². The van der Waals surface area contributed by atoms with Crippen molar-refractivity contribution >= 4 is 0 Å². The molecule has 0 radical (unpaired) electrons. The summed E-state index contributed by atoms with van der Waals surface area (Å²) < 4.78 is 51.9. The number of benzene rings is 1. The molecule has 1 aromatic rings. The third-order valence-electron chi connectivity index (χ3n) is 2.39. The normalized spacial score (nSPS) is 17.1. The Hall–Kier alpha value is -1.06. The van der Waals surface area contributed by atoms with Crippen molar-refractivity contribution in [1.82, 2.24) is 0 Å². The van der Waals surface area contributed by atoms with Gasteiger partial charge in [-0.25, -0.2) is 17.6 Å². The molecule has 0 aromatic heterocycles. The highest BCUT2D eigenvalue weighted by atomic mass is 19.3.